The summed E-state index contributed by atoms with van der Waals surface area (Å²) >= 11 is 0. The molecule has 1 saturated heterocycles. The van der Waals surface area contributed by atoms with Gasteiger partial charge in [0.2, 0.25) is 0 Å². The van der Waals surface area contributed by atoms with Crippen LogP contribution in [0, 0.1) is 0 Å². The maximum absolute atomic E-state index is 11.9. The molecule has 6 nitrogen and oxygen atoms in total. The summed E-state index contributed by atoms with van der Waals surface area (Å²) in [7, 11) is 1.78. The highest BCUT2D eigenvalue weighted by atomic mass is 127. The summed E-state index contributed by atoms with van der Waals surface area (Å²) in [4.78, 5) is 18.8. The van der Waals surface area contributed by atoms with Gasteiger partial charge in [-0.15, -0.1) is 24.0 Å². The number of halogens is 1. The Bertz CT molecular complexity index is 623. The summed E-state index contributed by atoms with van der Waals surface area (Å²) in [6, 6.07) is 8.40. The number of carbonyl (C=O) groups is 1. The fraction of sp³-hybridized carbons (Fsp3) is 0.619. The van der Waals surface area contributed by atoms with Gasteiger partial charge in [0.05, 0.1) is 0 Å². The Balaban J connectivity index is 0.00000392. The van der Waals surface area contributed by atoms with Crippen LogP contribution < -0.4 is 16.0 Å². The highest BCUT2D eigenvalue weighted by molar-refractivity contribution is 14.0. The van der Waals surface area contributed by atoms with Crippen LogP contribution in [0.15, 0.2) is 29.3 Å². The van der Waals surface area contributed by atoms with Crippen LogP contribution in [0.4, 0.5) is 0 Å². The minimum Gasteiger partial charge on any atom is -0.356 e. The molecule has 0 radical (unpaired) electrons. The summed E-state index contributed by atoms with van der Waals surface area (Å²) in [5.41, 5.74) is 1.75. The van der Waals surface area contributed by atoms with Gasteiger partial charge >= 0.3 is 0 Å². The number of rotatable bonds is 8. The molecule has 0 aliphatic carbocycles. The monoisotopic (exact) mass is 501 g/mol. The molecule has 3 N–H and O–H groups in total. The standard InChI is InChI=1S/C21H35N5O.HI/c1-4-23-20(27)19-11-7-10-18(15-19)16-25-21(22-3)24-12-8-14-26-13-6-5-9-17(26)2;/h7,10-11,15,17H,4-6,8-9,12-14,16H2,1-3H3,(H,23,27)(H2,22,24,25);1H. The van der Waals surface area contributed by atoms with E-state index < -0.39 is 0 Å². The summed E-state index contributed by atoms with van der Waals surface area (Å²) in [5.74, 6) is 0.763. The minimum atomic E-state index is -0.0335. The summed E-state index contributed by atoms with van der Waals surface area (Å²) in [5, 5.41) is 9.54. The van der Waals surface area contributed by atoms with Crippen molar-refractivity contribution in [3.05, 3.63) is 35.4 Å². The van der Waals surface area contributed by atoms with Crippen LogP contribution in [-0.2, 0) is 6.54 Å². The first kappa shape index (κ1) is 24.7. The van der Waals surface area contributed by atoms with Gasteiger partial charge in [-0.05, 0) is 57.4 Å². The normalized spacial score (nSPS) is 17.5. The maximum Gasteiger partial charge on any atom is 0.251 e. The Morgan fingerprint density at radius 1 is 1.25 bits per heavy atom. The molecule has 1 fully saturated rings. The van der Waals surface area contributed by atoms with Gasteiger partial charge in [-0.25, -0.2) is 0 Å². The van der Waals surface area contributed by atoms with E-state index in [1.165, 1.54) is 25.8 Å². The Morgan fingerprint density at radius 3 is 2.79 bits per heavy atom. The third kappa shape index (κ3) is 8.34. The van der Waals surface area contributed by atoms with E-state index in [1.54, 1.807) is 7.05 Å². The molecule has 158 valence electrons. The Labute approximate surface area is 187 Å². The number of nitrogens with one attached hydrogen (secondary N) is 3. The van der Waals surface area contributed by atoms with E-state index in [9.17, 15) is 4.79 Å². The van der Waals surface area contributed by atoms with Gasteiger partial charge in [-0.3, -0.25) is 9.79 Å². The van der Waals surface area contributed by atoms with Crippen LogP contribution in [0.5, 0.6) is 0 Å². The molecule has 1 aromatic rings. The molecule has 0 spiro atoms. The lowest BCUT2D eigenvalue weighted by atomic mass is 10.0. The largest absolute Gasteiger partial charge is 0.356 e. The zero-order valence-corrected chi connectivity index (χ0v) is 19.8. The summed E-state index contributed by atoms with van der Waals surface area (Å²) in [6.07, 6.45) is 5.13. The molecule has 1 aliphatic rings. The van der Waals surface area contributed by atoms with Gasteiger partial charge in [0, 0.05) is 44.8 Å². The number of hydrogen-bond acceptors (Lipinski definition) is 3. The highest BCUT2D eigenvalue weighted by Crippen LogP contribution is 2.16. The quantitative estimate of drug-likeness (QED) is 0.222. The highest BCUT2D eigenvalue weighted by Gasteiger charge is 2.17. The van der Waals surface area contributed by atoms with Gasteiger partial charge in [0.25, 0.3) is 5.91 Å². The third-order valence-corrected chi connectivity index (χ3v) is 5.07. The number of nitrogens with zero attached hydrogens (tertiary/aromatic N) is 2. The van der Waals surface area contributed by atoms with E-state index in [4.69, 9.17) is 0 Å². The Kier molecular flexibility index (Phi) is 12.1. The van der Waals surface area contributed by atoms with Crippen molar-refractivity contribution in [3.8, 4) is 0 Å². The van der Waals surface area contributed by atoms with Crippen molar-refractivity contribution >= 4 is 35.8 Å². The van der Waals surface area contributed by atoms with Gasteiger partial charge in [0.15, 0.2) is 5.96 Å². The van der Waals surface area contributed by atoms with Crippen LogP contribution >= 0.6 is 24.0 Å². The number of amides is 1. The number of benzene rings is 1. The van der Waals surface area contributed by atoms with E-state index in [2.05, 4.69) is 32.8 Å². The second-order valence-electron chi connectivity index (χ2n) is 7.15. The zero-order valence-electron chi connectivity index (χ0n) is 17.5. The second kappa shape index (κ2) is 13.8. The van der Waals surface area contributed by atoms with Crippen molar-refractivity contribution in [3.63, 3.8) is 0 Å². The summed E-state index contributed by atoms with van der Waals surface area (Å²) in [6.45, 7) is 8.80. The lowest BCUT2D eigenvalue weighted by Gasteiger charge is -2.33. The molecule has 1 amide bonds. The van der Waals surface area contributed by atoms with E-state index in [0.717, 1.165) is 31.0 Å². The Hall–Kier alpha value is -1.35. The topological polar surface area (TPSA) is 68.8 Å². The van der Waals surface area contributed by atoms with Crippen LogP contribution in [0.1, 0.15) is 55.5 Å². The van der Waals surface area contributed by atoms with Crippen molar-refractivity contribution < 1.29 is 4.79 Å². The van der Waals surface area contributed by atoms with Crippen LogP contribution in [0.2, 0.25) is 0 Å². The van der Waals surface area contributed by atoms with Gasteiger partial charge < -0.3 is 20.9 Å². The van der Waals surface area contributed by atoms with Crippen LogP contribution in [0.25, 0.3) is 0 Å². The van der Waals surface area contributed by atoms with E-state index in [0.29, 0.717) is 24.7 Å². The average Bonchev–Trinajstić information content (AvgIpc) is 2.69. The average molecular weight is 501 g/mol. The molecular weight excluding hydrogens is 465 g/mol. The predicted molar refractivity (Wildman–Crippen MR) is 128 cm³/mol. The smallest absolute Gasteiger partial charge is 0.251 e. The van der Waals surface area contributed by atoms with Gasteiger partial charge in [-0.2, -0.15) is 0 Å². The second-order valence-corrected chi connectivity index (χ2v) is 7.15. The van der Waals surface area contributed by atoms with Gasteiger partial charge in [0.1, 0.15) is 0 Å². The number of guanidine groups is 1. The molecule has 1 aromatic carbocycles. The zero-order chi connectivity index (χ0) is 19.5. The summed E-state index contributed by atoms with van der Waals surface area (Å²) < 4.78 is 0. The van der Waals surface area contributed by atoms with Crippen molar-refractivity contribution in [2.45, 2.75) is 52.1 Å². The van der Waals surface area contributed by atoms with E-state index in [1.807, 2.05) is 31.2 Å². The fourth-order valence-corrected chi connectivity index (χ4v) is 3.47. The number of carbonyl (C=O) groups excluding carboxylic acids is 1. The predicted octanol–water partition coefficient (Wildman–Crippen LogP) is 2.98. The molecule has 28 heavy (non-hydrogen) atoms. The molecule has 1 aliphatic heterocycles. The molecule has 2 rings (SSSR count). The minimum absolute atomic E-state index is 0. The van der Waals surface area contributed by atoms with Crippen LogP contribution in [-0.4, -0.2) is 56.0 Å². The van der Waals surface area contributed by atoms with Crippen molar-refractivity contribution in [1.82, 2.24) is 20.9 Å². The van der Waals surface area contributed by atoms with Crippen molar-refractivity contribution in [2.75, 3.05) is 33.2 Å². The molecule has 0 aromatic heterocycles. The molecule has 7 heteroatoms. The number of piperidine rings is 1. The molecule has 0 bridgehead atoms. The van der Waals surface area contributed by atoms with E-state index >= 15 is 0 Å². The first-order valence-corrected chi connectivity index (χ1v) is 10.2. The molecule has 1 unspecified atom stereocenters. The van der Waals surface area contributed by atoms with Crippen molar-refractivity contribution in [1.29, 1.82) is 0 Å². The third-order valence-electron chi connectivity index (χ3n) is 5.07. The maximum atomic E-state index is 11.9. The van der Waals surface area contributed by atoms with E-state index in [-0.39, 0.29) is 29.9 Å². The number of hydrogen-bond donors (Lipinski definition) is 3. The fourth-order valence-electron chi connectivity index (χ4n) is 3.47. The number of aliphatic imine (C=N–C) groups is 1. The van der Waals surface area contributed by atoms with Gasteiger partial charge in [-0.1, -0.05) is 18.6 Å². The number of likely N-dealkylation sites (tertiary alicyclic amines) is 1. The lowest BCUT2D eigenvalue weighted by Crippen LogP contribution is -2.41. The lowest BCUT2D eigenvalue weighted by molar-refractivity contribution is 0.0955. The molecule has 0 saturated carbocycles. The SMILES string of the molecule is CCNC(=O)c1cccc(CNC(=NC)NCCCN2CCCCC2C)c1.I. The van der Waals surface area contributed by atoms with Crippen molar-refractivity contribution in [2.24, 2.45) is 4.99 Å². The molecular formula is C21H36IN5O. The van der Waals surface area contributed by atoms with Crippen LogP contribution in [0.3, 0.4) is 0 Å². The first-order valence-electron chi connectivity index (χ1n) is 10.2. The first-order chi connectivity index (χ1) is 13.1. The molecule has 1 heterocycles. The Morgan fingerprint density at radius 2 is 2.07 bits per heavy atom. The molecule has 1 atom stereocenters.